The van der Waals surface area contributed by atoms with Crippen molar-refractivity contribution in [2.24, 2.45) is 0 Å². The molecule has 0 aromatic heterocycles. The van der Waals surface area contributed by atoms with E-state index in [9.17, 15) is 9.59 Å². The fourth-order valence-corrected chi connectivity index (χ4v) is 2.99. The molecule has 5 nitrogen and oxygen atoms in total. The van der Waals surface area contributed by atoms with E-state index in [0.29, 0.717) is 17.3 Å². The van der Waals surface area contributed by atoms with Gasteiger partial charge in [-0.2, -0.15) is 0 Å². The maximum absolute atomic E-state index is 11.9. The number of urea groups is 1. The number of hydrogen-bond donors (Lipinski definition) is 2. The Morgan fingerprint density at radius 2 is 2.06 bits per heavy atom. The number of anilines is 1. The van der Waals surface area contributed by atoms with Gasteiger partial charge in [0, 0.05) is 15.9 Å². The van der Waals surface area contributed by atoms with Crippen LogP contribution in [0.4, 0.5) is 10.5 Å². The standard InChI is InChI=1S/C11H11BrN2O3S/c12-7-1-3-8(4-2-7)13-11(17)14-6-18-5-9(14)10(15)16/h1-4,9H,5-6H2,(H,13,17)(H,15,16)/t9-/m0/s1. The van der Waals surface area contributed by atoms with Gasteiger partial charge in [-0.25, -0.2) is 9.59 Å². The fourth-order valence-electron chi connectivity index (χ4n) is 1.58. The Balaban J connectivity index is 2.03. The number of carboxylic acids is 1. The van der Waals surface area contributed by atoms with Crippen molar-refractivity contribution in [2.75, 3.05) is 16.9 Å². The number of thioether (sulfide) groups is 1. The number of carbonyl (C=O) groups excluding carboxylic acids is 1. The van der Waals surface area contributed by atoms with Crippen LogP contribution in [0.1, 0.15) is 0 Å². The van der Waals surface area contributed by atoms with Crippen molar-refractivity contribution in [2.45, 2.75) is 6.04 Å². The summed E-state index contributed by atoms with van der Waals surface area (Å²) >= 11 is 4.74. The second-order valence-corrected chi connectivity index (χ2v) is 5.68. The van der Waals surface area contributed by atoms with E-state index in [4.69, 9.17) is 5.11 Å². The van der Waals surface area contributed by atoms with Gasteiger partial charge in [0.25, 0.3) is 0 Å². The number of nitrogens with one attached hydrogen (secondary N) is 1. The van der Waals surface area contributed by atoms with Crippen LogP contribution in [0.3, 0.4) is 0 Å². The van der Waals surface area contributed by atoms with Crippen LogP contribution < -0.4 is 5.32 Å². The van der Waals surface area contributed by atoms with Crippen molar-refractivity contribution in [3.63, 3.8) is 0 Å². The second kappa shape index (κ2) is 5.62. The molecule has 0 spiro atoms. The molecule has 1 fully saturated rings. The summed E-state index contributed by atoms with van der Waals surface area (Å²) in [6.45, 7) is 0. The number of carbonyl (C=O) groups is 2. The first-order valence-corrected chi connectivity index (χ1v) is 7.16. The molecule has 0 radical (unpaired) electrons. The van der Waals surface area contributed by atoms with Crippen molar-refractivity contribution < 1.29 is 14.7 Å². The third-order valence-electron chi connectivity index (χ3n) is 2.52. The number of nitrogens with zero attached hydrogens (tertiary/aromatic N) is 1. The van der Waals surface area contributed by atoms with E-state index >= 15 is 0 Å². The minimum Gasteiger partial charge on any atom is -0.480 e. The lowest BCUT2D eigenvalue weighted by molar-refractivity contribution is -0.140. The van der Waals surface area contributed by atoms with Gasteiger partial charge in [-0.3, -0.25) is 0 Å². The first-order chi connectivity index (χ1) is 8.58. The van der Waals surface area contributed by atoms with Crippen LogP contribution in [0.15, 0.2) is 28.7 Å². The number of halogens is 1. The van der Waals surface area contributed by atoms with Crippen molar-refractivity contribution in [1.82, 2.24) is 4.90 Å². The molecule has 1 heterocycles. The predicted molar refractivity (Wildman–Crippen MR) is 73.7 cm³/mol. The molecule has 18 heavy (non-hydrogen) atoms. The van der Waals surface area contributed by atoms with Gasteiger partial charge < -0.3 is 15.3 Å². The van der Waals surface area contributed by atoms with Crippen molar-refractivity contribution >= 4 is 45.4 Å². The molecule has 0 aliphatic carbocycles. The highest BCUT2D eigenvalue weighted by Crippen LogP contribution is 2.22. The fraction of sp³-hybridized carbons (Fsp3) is 0.273. The van der Waals surface area contributed by atoms with E-state index < -0.39 is 12.0 Å². The summed E-state index contributed by atoms with van der Waals surface area (Å²) in [6.07, 6.45) is 0. The van der Waals surface area contributed by atoms with E-state index in [-0.39, 0.29) is 6.03 Å². The average Bonchev–Trinajstić information content (AvgIpc) is 2.81. The van der Waals surface area contributed by atoms with E-state index in [1.807, 2.05) is 12.1 Å². The molecule has 0 unspecified atom stereocenters. The molecular weight excluding hydrogens is 320 g/mol. The molecule has 7 heteroatoms. The minimum absolute atomic E-state index is 0.380. The Bertz CT molecular complexity index is 466. The number of aliphatic carboxylic acids is 1. The summed E-state index contributed by atoms with van der Waals surface area (Å²) < 4.78 is 0.917. The van der Waals surface area contributed by atoms with E-state index in [1.54, 1.807) is 12.1 Å². The van der Waals surface area contributed by atoms with Crippen LogP contribution in [0.25, 0.3) is 0 Å². The highest BCUT2D eigenvalue weighted by atomic mass is 79.9. The van der Waals surface area contributed by atoms with Crippen molar-refractivity contribution in [3.05, 3.63) is 28.7 Å². The van der Waals surface area contributed by atoms with Crippen LogP contribution in [-0.2, 0) is 4.79 Å². The van der Waals surface area contributed by atoms with Crippen molar-refractivity contribution in [3.8, 4) is 0 Å². The Kier molecular flexibility index (Phi) is 4.13. The zero-order chi connectivity index (χ0) is 13.1. The number of hydrogen-bond acceptors (Lipinski definition) is 3. The Hall–Kier alpha value is -1.21. The molecule has 1 aliphatic heterocycles. The molecule has 1 saturated heterocycles. The van der Waals surface area contributed by atoms with Crippen molar-refractivity contribution in [1.29, 1.82) is 0 Å². The van der Waals surface area contributed by atoms with E-state index in [2.05, 4.69) is 21.2 Å². The van der Waals surface area contributed by atoms with Gasteiger partial charge in [0.15, 0.2) is 0 Å². The quantitative estimate of drug-likeness (QED) is 0.873. The second-order valence-electron chi connectivity index (χ2n) is 3.76. The first-order valence-electron chi connectivity index (χ1n) is 5.21. The molecule has 1 aliphatic rings. The van der Waals surface area contributed by atoms with Crippen LogP contribution in [0.5, 0.6) is 0 Å². The normalized spacial score (nSPS) is 18.7. The smallest absolute Gasteiger partial charge is 0.327 e. The summed E-state index contributed by atoms with van der Waals surface area (Å²) in [5, 5.41) is 11.7. The van der Waals surface area contributed by atoms with Gasteiger partial charge in [-0.15, -0.1) is 11.8 Å². The van der Waals surface area contributed by atoms with E-state index in [0.717, 1.165) is 4.47 Å². The number of benzene rings is 1. The zero-order valence-corrected chi connectivity index (χ0v) is 11.7. The SMILES string of the molecule is O=C(O)[C@@H]1CSCN1C(=O)Nc1ccc(Br)cc1. The summed E-state index contributed by atoms with van der Waals surface area (Å²) in [6, 6.07) is 5.99. The summed E-state index contributed by atoms with van der Waals surface area (Å²) in [7, 11) is 0. The van der Waals surface area contributed by atoms with Crippen LogP contribution in [-0.4, -0.2) is 39.7 Å². The van der Waals surface area contributed by atoms with E-state index in [1.165, 1.54) is 16.7 Å². The molecule has 1 aromatic rings. The average molecular weight is 331 g/mol. The monoisotopic (exact) mass is 330 g/mol. The molecular formula is C11H11BrN2O3S. The number of rotatable bonds is 2. The molecule has 0 saturated carbocycles. The van der Waals surface area contributed by atoms with Gasteiger partial charge >= 0.3 is 12.0 Å². The van der Waals surface area contributed by atoms with Gasteiger partial charge in [0.2, 0.25) is 0 Å². The topological polar surface area (TPSA) is 69.6 Å². The summed E-state index contributed by atoms with van der Waals surface area (Å²) in [5.74, 6) is -0.131. The molecule has 96 valence electrons. The Morgan fingerprint density at radius 3 is 2.67 bits per heavy atom. The van der Waals surface area contributed by atoms with Crippen LogP contribution >= 0.6 is 27.7 Å². The zero-order valence-electron chi connectivity index (χ0n) is 9.30. The Labute approximate surface area is 117 Å². The molecule has 2 N–H and O–H groups in total. The highest BCUT2D eigenvalue weighted by Gasteiger charge is 2.34. The van der Waals surface area contributed by atoms with Gasteiger partial charge in [-0.05, 0) is 24.3 Å². The molecule has 1 aromatic carbocycles. The molecule has 2 rings (SSSR count). The maximum Gasteiger partial charge on any atom is 0.327 e. The summed E-state index contributed by atoms with van der Waals surface area (Å²) in [5.41, 5.74) is 0.643. The third kappa shape index (κ3) is 2.97. The third-order valence-corrected chi connectivity index (χ3v) is 4.06. The highest BCUT2D eigenvalue weighted by molar-refractivity contribution is 9.10. The molecule has 0 bridgehead atoms. The number of carboxylic acid groups (broad SMARTS) is 1. The van der Waals surface area contributed by atoms with Crippen LogP contribution in [0, 0.1) is 0 Å². The minimum atomic E-state index is -0.967. The van der Waals surface area contributed by atoms with Gasteiger partial charge in [-0.1, -0.05) is 15.9 Å². The summed E-state index contributed by atoms with van der Waals surface area (Å²) in [4.78, 5) is 24.2. The number of amides is 2. The van der Waals surface area contributed by atoms with Gasteiger partial charge in [0.05, 0.1) is 5.88 Å². The van der Waals surface area contributed by atoms with Gasteiger partial charge in [0.1, 0.15) is 6.04 Å². The molecule has 2 amide bonds. The van der Waals surface area contributed by atoms with Crippen LogP contribution in [0.2, 0.25) is 0 Å². The lowest BCUT2D eigenvalue weighted by Gasteiger charge is -2.20. The lowest BCUT2D eigenvalue weighted by Crippen LogP contribution is -2.43. The lowest BCUT2D eigenvalue weighted by atomic mass is 10.3. The maximum atomic E-state index is 11.9. The predicted octanol–water partition coefficient (Wildman–Crippen LogP) is 2.44. The largest absolute Gasteiger partial charge is 0.480 e. The molecule has 1 atom stereocenters. The Morgan fingerprint density at radius 1 is 1.39 bits per heavy atom. The first kappa shape index (κ1) is 13.2.